The van der Waals surface area contributed by atoms with E-state index in [1.54, 1.807) is 12.1 Å². The Hall–Kier alpha value is -3.09. The Labute approximate surface area is 190 Å². The van der Waals surface area contributed by atoms with Crippen LogP contribution in [0, 0.1) is 0 Å². The van der Waals surface area contributed by atoms with E-state index in [0.29, 0.717) is 17.9 Å². The molecule has 1 fully saturated rings. The number of benzene rings is 1. The highest BCUT2D eigenvalue weighted by molar-refractivity contribution is 5.98. The minimum Gasteiger partial charge on any atom is -0.492 e. The number of hydrogen-bond acceptors (Lipinski definition) is 10. The van der Waals surface area contributed by atoms with Crippen LogP contribution >= 0.6 is 0 Å². The molecule has 0 saturated carbocycles. The summed E-state index contributed by atoms with van der Waals surface area (Å²) in [4.78, 5) is 22.3. The van der Waals surface area contributed by atoms with Gasteiger partial charge in [-0.2, -0.15) is 0 Å². The lowest BCUT2D eigenvalue weighted by atomic mass is 9.79. The smallest absolute Gasteiger partial charge is 0.343 e. The van der Waals surface area contributed by atoms with Crippen LogP contribution in [0.25, 0.3) is 0 Å². The monoisotopic (exact) mass is 459 g/mol. The molecule has 1 aromatic carbocycles. The third-order valence-electron chi connectivity index (χ3n) is 7.39. The Morgan fingerprint density at radius 1 is 1.39 bits per heavy atom. The SMILES string of the molecule is CC1(C)CCOc2c(C(=O)NC3CN4C(N)=N[C@@H](CN)[C@@H]5[NH+]=C(N)NC54C3(O)O)cccc21. The predicted octanol–water partition coefficient (Wildman–Crippen LogP) is -4.44. The summed E-state index contributed by atoms with van der Waals surface area (Å²) in [7, 11) is 0. The second-order valence-electron chi connectivity index (χ2n) is 9.74. The molecule has 178 valence electrons. The molecule has 4 aliphatic heterocycles. The lowest BCUT2D eigenvalue weighted by molar-refractivity contribution is -0.521. The molecule has 33 heavy (non-hydrogen) atoms. The lowest BCUT2D eigenvalue weighted by Gasteiger charge is -2.46. The fraction of sp³-hybridized carbons (Fsp3) is 0.571. The number of nitrogens with zero attached hydrogens (tertiary/aromatic N) is 2. The zero-order valence-electron chi connectivity index (χ0n) is 18.6. The van der Waals surface area contributed by atoms with Gasteiger partial charge < -0.3 is 31.7 Å². The second-order valence-corrected chi connectivity index (χ2v) is 9.74. The molecular weight excluding hydrogens is 428 g/mol. The first-order chi connectivity index (χ1) is 15.5. The van der Waals surface area contributed by atoms with Crippen LogP contribution in [0.5, 0.6) is 5.75 Å². The van der Waals surface area contributed by atoms with Crippen LogP contribution in [0.3, 0.4) is 0 Å². The number of aliphatic hydroxyl groups is 2. The van der Waals surface area contributed by atoms with Crippen LogP contribution in [0.1, 0.15) is 36.2 Å². The van der Waals surface area contributed by atoms with Crippen LogP contribution in [-0.2, 0) is 5.41 Å². The predicted molar refractivity (Wildman–Crippen MR) is 119 cm³/mol. The first kappa shape index (κ1) is 21.7. The number of aliphatic imine (C=N–C) groups is 1. The number of carbonyl (C=O) groups is 1. The first-order valence-corrected chi connectivity index (χ1v) is 11.0. The van der Waals surface area contributed by atoms with Gasteiger partial charge >= 0.3 is 5.96 Å². The van der Waals surface area contributed by atoms with Crippen molar-refractivity contribution < 1.29 is 24.7 Å². The summed E-state index contributed by atoms with van der Waals surface area (Å²) in [5.74, 6) is -2.21. The van der Waals surface area contributed by atoms with Gasteiger partial charge in [-0.3, -0.25) is 20.4 Å². The molecule has 1 aromatic rings. The molecule has 12 nitrogen and oxygen atoms in total. The average Bonchev–Trinajstić information content (AvgIpc) is 3.22. The Morgan fingerprint density at radius 2 is 2.15 bits per heavy atom. The van der Waals surface area contributed by atoms with Crippen molar-refractivity contribution >= 4 is 17.8 Å². The highest BCUT2D eigenvalue weighted by Gasteiger charge is 2.76. The molecule has 0 bridgehead atoms. The van der Waals surface area contributed by atoms with Crippen LogP contribution in [0.15, 0.2) is 23.2 Å². The van der Waals surface area contributed by atoms with Gasteiger partial charge in [0.1, 0.15) is 17.8 Å². The van der Waals surface area contributed by atoms with Crippen molar-refractivity contribution in [2.45, 2.75) is 55.3 Å². The van der Waals surface area contributed by atoms with Crippen molar-refractivity contribution in [3.8, 4) is 5.75 Å². The zero-order chi connectivity index (χ0) is 23.8. The van der Waals surface area contributed by atoms with Crippen LogP contribution in [0.4, 0.5) is 0 Å². The van der Waals surface area contributed by atoms with Crippen LogP contribution in [0.2, 0.25) is 0 Å². The van der Waals surface area contributed by atoms with E-state index in [1.165, 1.54) is 4.90 Å². The number of fused-ring (bicyclic) bond motifs is 1. The van der Waals surface area contributed by atoms with Crippen LogP contribution < -0.4 is 37.6 Å². The Balaban J connectivity index is 1.49. The number of ether oxygens (including phenoxy) is 1. The van der Waals surface area contributed by atoms with Gasteiger partial charge in [0.25, 0.3) is 11.6 Å². The van der Waals surface area contributed by atoms with Gasteiger partial charge in [0.15, 0.2) is 12.0 Å². The number of guanidine groups is 2. The summed E-state index contributed by atoms with van der Waals surface area (Å²) in [5, 5.41) is 28.6. The summed E-state index contributed by atoms with van der Waals surface area (Å²) in [6.45, 7) is 4.80. The number of rotatable bonds is 3. The van der Waals surface area contributed by atoms with Crippen molar-refractivity contribution in [2.24, 2.45) is 22.2 Å². The lowest BCUT2D eigenvalue weighted by Crippen LogP contribution is -2.90. The highest BCUT2D eigenvalue weighted by Crippen LogP contribution is 2.42. The molecule has 2 unspecified atom stereocenters. The molecule has 5 rings (SSSR count). The standard InChI is InChI=1S/C21H30N8O4/c1-19(2)6-7-33-14-10(4-3-5-11(14)19)16(30)26-13-9-29-18(24)25-12(8-22)15-20(29,21(13,31)32)28-17(23)27-15/h3-5,12-13,15,31-32H,6-9,22H2,1-2H3,(H2,24,25)(H,26,30)(H3,23,27,28)/p+1/t12-,13?,15-,20?/m0/s1. The van der Waals surface area contributed by atoms with E-state index in [0.717, 1.165) is 12.0 Å². The van der Waals surface area contributed by atoms with E-state index in [4.69, 9.17) is 21.9 Å². The number of carbonyl (C=O) groups excluding carboxylic acids is 1. The molecular formula is C21H31N8O4+. The quantitative estimate of drug-likeness (QED) is 0.205. The fourth-order valence-corrected chi connectivity index (χ4v) is 5.55. The topological polar surface area (TPSA) is 198 Å². The number of hydrogen-bond donors (Lipinski definition) is 8. The minimum atomic E-state index is -2.47. The maximum atomic E-state index is 13.4. The van der Waals surface area contributed by atoms with Crippen molar-refractivity contribution in [1.82, 2.24) is 15.5 Å². The number of amides is 1. The highest BCUT2D eigenvalue weighted by atomic mass is 16.5. The van der Waals surface area contributed by atoms with E-state index in [1.807, 2.05) is 6.07 Å². The molecule has 11 N–H and O–H groups in total. The molecule has 4 atom stereocenters. The fourth-order valence-electron chi connectivity index (χ4n) is 5.55. The number of nitrogens with one attached hydrogen (secondary N) is 3. The summed E-state index contributed by atoms with van der Waals surface area (Å²) in [6, 6.07) is 3.06. The first-order valence-electron chi connectivity index (χ1n) is 11.0. The maximum Gasteiger partial charge on any atom is 0.343 e. The average molecular weight is 460 g/mol. The molecule has 4 heterocycles. The van der Waals surface area contributed by atoms with E-state index >= 15 is 0 Å². The van der Waals surface area contributed by atoms with Crippen molar-refractivity contribution in [1.29, 1.82) is 0 Å². The van der Waals surface area contributed by atoms with Gasteiger partial charge in [0.05, 0.1) is 18.7 Å². The molecule has 4 aliphatic rings. The summed E-state index contributed by atoms with van der Waals surface area (Å²) >= 11 is 0. The third kappa shape index (κ3) is 2.84. The van der Waals surface area contributed by atoms with E-state index < -0.39 is 35.5 Å². The Bertz CT molecular complexity index is 1070. The zero-order valence-corrected chi connectivity index (χ0v) is 18.6. The molecule has 0 aromatic heterocycles. The Morgan fingerprint density at radius 3 is 2.88 bits per heavy atom. The summed E-state index contributed by atoms with van der Waals surface area (Å²) in [5.41, 5.74) is 17.6. The summed E-state index contributed by atoms with van der Waals surface area (Å²) < 4.78 is 5.86. The van der Waals surface area contributed by atoms with Gasteiger partial charge in [-0.1, -0.05) is 26.0 Å². The van der Waals surface area contributed by atoms with Gasteiger partial charge in [0.2, 0.25) is 5.79 Å². The van der Waals surface area contributed by atoms with Gasteiger partial charge in [-0.05, 0) is 17.9 Å². The summed E-state index contributed by atoms with van der Waals surface area (Å²) in [6.07, 6.45) is 0.834. The largest absolute Gasteiger partial charge is 0.492 e. The number of para-hydroxylation sites is 1. The molecule has 1 saturated heterocycles. The Kier molecular flexibility index (Phi) is 4.58. The molecule has 1 spiro atoms. The molecule has 12 heteroatoms. The second kappa shape index (κ2) is 6.95. The minimum absolute atomic E-state index is 0.00873. The van der Waals surface area contributed by atoms with E-state index in [9.17, 15) is 15.0 Å². The van der Waals surface area contributed by atoms with Crippen molar-refractivity contribution in [3.63, 3.8) is 0 Å². The van der Waals surface area contributed by atoms with Gasteiger partial charge in [-0.25, -0.2) is 10.3 Å². The van der Waals surface area contributed by atoms with E-state index in [2.05, 4.69) is 34.5 Å². The van der Waals surface area contributed by atoms with E-state index in [-0.39, 0.29) is 30.4 Å². The number of nitrogens with two attached hydrogens (primary N) is 3. The van der Waals surface area contributed by atoms with Gasteiger partial charge in [-0.15, -0.1) is 0 Å². The molecule has 1 amide bonds. The molecule has 0 radical (unpaired) electrons. The third-order valence-corrected chi connectivity index (χ3v) is 7.39. The van der Waals surface area contributed by atoms with Crippen molar-refractivity contribution in [3.05, 3.63) is 29.3 Å². The van der Waals surface area contributed by atoms with Crippen LogP contribution in [-0.4, -0.2) is 82.2 Å². The van der Waals surface area contributed by atoms with Crippen molar-refractivity contribution in [2.75, 3.05) is 19.7 Å². The normalized spacial score (nSPS) is 33.0. The molecule has 0 aliphatic carbocycles. The van der Waals surface area contributed by atoms with Gasteiger partial charge in [0, 0.05) is 12.1 Å². The maximum absolute atomic E-state index is 13.4.